The molecule has 0 aromatic heterocycles. The van der Waals surface area contributed by atoms with Crippen LogP contribution in [0.2, 0.25) is 0 Å². The number of hydrogen-bond donors (Lipinski definition) is 3. The van der Waals surface area contributed by atoms with Gasteiger partial charge in [0.1, 0.15) is 0 Å². The highest BCUT2D eigenvalue weighted by Crippen LogP contribution is 2.21. The molecule has 6 heteroatoms. The van der Waals surface area contributed by atoms with Crippen LogP contribution in [-0.4, -0.2) is 41.8 Å². The van der Waals surface area contributed by atoms with Gasteiger partial charge in [-0.05, 0) is 30.7 Å². The van der Waals surface area contributed by atoms with E-state index in [2.05, 4.69) is 5.32 Å². The molecule has 0 aliphatic heterocycles. The fourth-order valence-corrected chi connectivity index (χ4v) is 2.12. The van der Waals surface area contributed by atoms with Gasteiger partial charge in [0.05, 0.1) is 18.0 Å². The predicted molar refractivity (Wildman–Crippen MR) is 85.1 cm³/mol. The second kappa shape index (κ2) is 6.44. The number of rotatable bonds is 5. The number of hydrogen-bond acceptors (Lipinski definition) is 6. The quantitative estimate of drug-likeness (QED) is 0.551. The highest BCUT2D eigenvalue weighted by Gasteiger charge is 2.22. The predicted octanol–water partition coefficient (Wildman–Crippen LogP) is 0.833. The van der Waals surface area contributed by atoms with Crippen molar-refractivity contribution in [2.75, 3.05) is 31.2 Å². The molecule has 0 radical (unpaired) electrons. The van der Waals surface area contributed by atoms with Crippen molar-refractivity contribution in [3.8, 4) is 0 Å². The number of aliphatic hydroxyl groups is 1. The van der Waals surface area contributed by atoms with Crippen LogP contribution in [0.25, 0.3) is 0 Å². The molecule has 0 amide bonds. The first-order valence-electron chi connectivity index (χ1n) is 6.89. The summed E-state index contributed by atoms with van der Waals surface area (Å²) in [4.78, 5) is 25.8. The van der Waals surface area contributed by atoms with Crippen LogP contribution in [0.15, 0.2) is 41.7 Å². The SMILES string of the molecule is Cc1cc(NC2=CC(=O)C(N(C)CCO)=CC2=O)ccc1N. The summed E-state index contributed by atoms with van der Waals surface area (Å²) in [5.41, 5.74) is 8.49. The number of anilines is 2. The number of ketones is 2. The minimum absolute atomic E-state index is 0.0884. The minimum Gasteiger partial charge on any atom is -0.399 e. The summed E-state index contributed by atoms with van der Waals surface area (Å²) >= 11 is 0. The number of nitrogens with two attached hydrogens (primary N) is 1. The molecule has 0 atom stereocenters. The lowest BCUT2D eigenvalue weighted by atomic mass is 10.0. The molecule has 0 saturated carbocycles. The Balaban J connectivity index is 2.17. The Hall–Kier alpha value is -2.60. The number of nitrogens with zero attached hydrogens (tertiary/aromatic N) is 1. The van der Waals surface area contributed by atoms with Crippen molar-refractivity contribution in [2.24, 2.45) is 0 Å². The van der Waals surface area contributed by atoms with E-state index < -0.39 is 0 Å². The van der Waals surface area contributed by atoms with Crippen LogP contribution in [0.1, 0.15) is 5.56 Å². The number of nitrogens with one attached hydrogen (secondary N) is 1. The molecular formula is C16H19N3O3. The lowest BCUT2D eigenvalue weighted by Gasteiger charge is -2.22. The summed E-state index contributed by atoms with van der Waals surface area (Å²) in [6, 6.07) is 5.30. The van der Waals surface area contributed by atoms with Crippen LogP contribution in [0.3, 0.4) is 0 Å². The van der Waals surface area contributed by atoms with Crippen LogP contribution in [0.4, 0.5) is 11.4 Å². The number of allylic oxidation sites excluding steroid dienone is 2. The maximum atomic E-state index is 12.1. The Bertz CT molecular complexity index is 677. The zero-order valence-corrected chi connectivity index (χ0v) is 12.6. The van der Waals surface area contributed by atoms with Crippen LogP contribution >= 0.6 is 0 Å². The van der Waals surface area contributed by atoms with E-state index in [1.165, 1.54) is 12.2 Å². The average Bonchev–Trinajstić information content (AvgIpc) is 2.46. The lowest BCUT2D eigenvalue weighted by Crippen LogP contribution is -2.30. The van der Waals surface area contributed by atoms with Crippen LogP contribution < -0.4 is 11.1 Å². The Labute approximate surface area is 128 Å². The number of carbonyl (C=O) groups is 2. The fourth-order valence-electron chi connectivity index (χ4n) is 2.12. The van der Waals surface area contributed by atoms with Crippen LogP contribution in [0.5, 0.6) is 0 Å². The van der Waals surface area contributed by atoms with Gasteiger partial charge in [-0.15, -0.1) is 0 Å². The number of carbonyl (C=O) groups excluding carboxylic acids is 2. The van der Waals surface area contributed by atoms with Crippen molar-refractivity contribution in [2.45, 2.75) is 6.92 Å². The van der Waals surface area contributed by atoms with E-state index in [-0.39, 0.29) is 29.6 Å². The number of aryl methyl sites for hydroxylation is 1. The number of benzene rings is 1. The molecule has 4 N–H and O–H groups in total. The molecule has 0 heterocycles. The summed E-state index contributed by atoms with van der Waals surface area (Å²) in [5.74, 6) is -0.556. The van der Waals surface area contributed by atoms with Crippen molar-refractivity contribution < 1.29 is 14.7 Å². The summed E-state index contributed by atoms with van der Waals surface area (Å²) in [6.07, 6.45) is 2.56. The maximum Gasteiger partial charge on any atom is 0.204 e. The molecule has 0 spiro atoms. The highest BCUT2D eigenvalue weighted by molar-refractivity contribution is 6.20. The Morgan fingerprint density at radius 3 is 2.59 bits per heavy atom. The van der Waals surface area contributed by atoms with Gasteiger partial charge in [0, 0.05) is 37.1 Å². The molecule has 6 nitrogen and oxygen atoms in total. The first-order valence-corrected chi connectivity index (χ1v) is 6.89. The second-order valence-electron chi connectivity index (χ2n) is 5.16. The largest absolute Gasteiger partial charge is 0.399 e. The first kappa shape index (κ1) is 15.8. The monoisotopic (exact) mass is 301 g/mol. The van der Waals surface area contributed by atoms with Gasteiger partial charge in [-0.25, -0.2) is 0 Å². The van der Waals surface area contributed by atoms with E-state index in [4.69, 9.17) is 10.8 Å². The van der Waals surface area contributed by atoms with Gasteiger partial charge in [-0.2, -0.15) is 0 Å². The van der Waals surface area contributed by atoms with E-state index >= 15 is 0 Å². The summed E-state index contributed by atoms with van der Waals surface area (Å²) in [5, 5.41) is 11.9. The zero-order valence-electron chi connectivity index (χ0n) is 12.6. The number of likely N-dealkylation sites (N-methyl/N-ethyl adjacent to an activating group) is 1. The van der Waals surface area contributed by atoms with Crippen molar-refractivity contribution in [3.63, 3.8) is 0 Å². The van der Waals surface area contributed by atoms with Gasteiger partial charge >= 0.3 is 0 Å². The molecule has 0 unspecified atom stereocenters. The second-order valence-corrected chi connectivity index (χ2v) is 5.16. The summed E-state index contributed by atoms with van der Waals surface area (Å²) < 4.78 is 0. The van der Waals surface area contributed by atoms with Crippen molar-refractivity contribution in [3.05, 3.63) is 47.3 Å². The fraction of sp³-hybridized carbons (Fsp3) is 0.250. The molecule has 1 aliphatic carbocycles. The third kappa shape index (κ3) is 3.35. The van der Waals surface area contributed by atoms with Gasteiger partial charge < -0.3 is 21.1 Å². The third-order valence-corrected chi connectivity index (χ3v) is 3.46. The van der Waals surface area contributed by atoms with Gasteiger partial charge in [0.25, 0.3) is 0 Å². The van der Waals surface area contributed by atoms with Crippen molar-refractivity contribution in [1.82, 2.24) is 4.90 Å². The molecule has 0 saturated heterocycles. The van der Waals surface area contributed by atoms with Crippen LogP contribution in [0, 0.1) is 6.92 Å². The molecule has 0 fully saturated rings. The van der Waals surface area contributed by atoms with E-state index in [1.54, 1.807) is 24.1 Å². The molecule has 1 aromatic carbocycles. The van der Waals surface area contributed by atoms with Crippen molar-refractivity contribution >= 4 is 22.9 Å². The van der Waals surface area contributed by atoms with E-state index in [0.29, 0.717) is 17.9 Å². The highest BCUT2D eigenvalue weighted by atomic mass is 16.3. The number of nitrogen functional groups attached to an aromatic ring is 1. The normalized spacial score (nSPS) is 14.5. The molecule has 1 aromatic rings. The maximum absolute atomic E-state index is 12.1. The van der Waals surface area contributed by atoms with Crippen LogP contribution in [-0.2, 0) is 9.59 Å². The van der Waals surface area contributed by atoms with E-state index in [9.17, 15) is 9.59 Å². The van der Waals surface area contributed by atoms with Gasteiger partial charge in [-0.1, -0.05) is 0 Å². The Morgan fingerprint density at radius 1 is 1.23 bits per heavy atom. The minimum atomic E-state index is -0.283. The molecule has 1 aliphatic rings. The molecule has 116 valence electrons. The third-order valence-electron chi connectivity index (χ3n) is 3.46. The first-order chi connectivity index (χ1) is 10.4. The topological polar surface area (TPSA) is 95.7 Å². The molecular weight excluding hydrogens is 282 g/mol. The molecule has 2 rings (SSSR count). The summed E-state index contributed by atoms with van der Waals surface area (Å²) in [6.45, 7) is 2.07. The summed E-state index contributed by atoms with van der Waals surface area (Å²) in [7, 11) is 1.66. The molecule has 22 heavy (non-hydrogen) atoms. The van der Waals surface area contributed by atoms with Gasteiger partial charge in [0.2, 0.25) is 11.6 Å². The van der Waals surface area contributed by atoms with E-state index in [1.807, 2.05) is 13.0 Å². The Kier molecular flexibility index (Phi) is 4.62. The molecule has 0 bridgehead atoms. The smallest absolute Gasteiger partial charge is 0.204 e. The zero-order chi connectivity index (χ0) is 16.3. The Morgan fingerprint density at radius 2 is 1.95 bits per heavy atom. The van der Waals surface area contributed by atoms with E-state index in [0.717, 1.165) is 5.56 Å². The average molecular weight is 301 g/mol. The lowest BCUT2D eigenvalue weighted by molar-refractivity contribution is -0.116. The van der Waals surface area contributed by atoms with Gasteiger partial charge in [-0.3, -0.25) is 9.59 Å². The van der Waals surface area contributed by atoms with Crippen molar-refractivity contribution in [1.29, 1.82) is 0 Å². The number of aliphatic hydroxyl groups excluding tert-OH is 1. The van der Waals surface area contributed by atoms with Gasteiger partial charge in [0.15, 0.2) is 0 Å². The standard InChI is InChI=1S/C16H19N3O3/c1-10-7-11(3-4-12(10)17)18-13-8-16(22)14(9-15(13)21)19(2)5-6-20/h3-4,7-9,18,20H,5-6,17H2,1-2H3.